The van der Waals surface area contributed by atoms with Gasteiger partial charge < -0.3 is 20.3 Å². The molecule has 0 unspecified atom stereocenters. The van der Waals surface area contributed by atoms with Crippen LogP contribution in [0.2, 0.25) is 0 Å². The Kier molecular flexibility index (Phi) is 3.47. The Hall–Kier alpha value is -2.08. The van der Waals surface area contributed by atoms with Crippen LogP contribution >= 0.6 is 0 Å². The van der Waals surface area contributed by atoms with Crippen LogP contribution in [0.25, 0.3) is 0 Å². The van der Waals surface area contributed by atoms with Crippen LogP contribution in [-0.2, 0) is 4.79 Å². The van der Waals surface area contributed by atoms with Gasteiger partial charge in [0, 0.05) is 13.0 Å². The number of carboxylic acid groups (broad SMARTS) is 2. The van der Waals surface area contributed by atoms with E-state index in [0.717, 1.165) is 0 Å². The zero-order chi connectivity index (χ0) is 13.1. The molecule has 0 radical (unpaired) electrons. The standard InChI is InChI=1S/C12H13NO5/c14-11(15)7-2-1-3-8(4-7)18-9-5-10(12(16)17)13-6-9/h1-4,9-10,13H,5-6H2,(H,14,15)(H,16,17)/t9-,10-/m0/s1. The highest BCUT2D eigenvalue weighted by atomic mass is 16.5. The molecule has 96 valence electrons. The molecule has 1 aliphatic rings. The molecule has 1 aromatic carbocycles. The lowest BCUT2D eigenvalue weighted by molar-refractivity contribution is -0.139. The third-order valence-electron chi connectivity index (χ3n) is 2.77. The Morgan fingerprint density at radius 2 is 2.11 bits per heavy atom. The maximum absolute atomic E-state index is 10.8. The topological polar surface area (TPSA) is 95.9 Å². The fourth-order valence-corrected chi connectivity index (χ4v) is 1.88. The van der Waals surface area contributed by atoms with Crippen molar-refractivity contribution in [3.8, 4) is 5.75 Å². The first-order chi connectivity index (χ1) is 8.56. The predicted molar refractivity (Wildman–Crippen MR) is 61.9 cm³/mol. The van der Waals surface area contributed by atoms with E-state index in [4.69, 9.17) is 14.9 Å². The highest BCUT2D eigenvalue weighted by Gasteiger charge is 2.30. The van der Waals surface area contributed by atoms with Crippen LogP contribution in [0.5, 0.6) is 5.75 Å². The van der Waals surface area contributed by atoms with Crippen molar-refractivity contribution in [3.05, 3.63) is 29.8 Å². The molecule has 6 nitrogen and oxygen atoms in total. The van der Waals surface area contributed by atoms with Crippen molar-refractivity contribution in [3.63, 3.8) is 0 Å². The van der Waals surface area contributed by atoms with E-state index in [0.29, 0.717) is 18.7 Å². The molecular weight excluding hydrogens is 238 g/mol. The van der Waals surface area contributed by atoms with Gasteiger partial charge in [-0.25, -0.2) is 4.79 Å². The summed E-state index contributed by atoms with van der Waals surface area (Å²) in [7, 11) is 0. The van der Waals surface area contributed by atoms with Crippen LogP contribution in [0.3, 0.4) is 0 Å². The average Bonchev–Trinajstić information content (AvgIpc) is 2.78. The zero-order valence-corrected chi connectivity index (χ0v) is 9.50. The predicted octanol–water partition coefficient (Wildman–Crippen LogP) is 0.579. The monoisotopic (exact) mass is 251 g/mol. The maximum Gasteiger partial charge on any atom is 0.335 e. The van der Waals surface area contributed by atoms with Gasteiger partial charge in [0.1, 0.15) is 17.9 Å². The summed E-state index contributed by atoms with van der Waals surface area (Å²) in [5.41, 5.74) is 0.147. The molecule has 18 heavy (non-hydrogen) atoms. The smallest absolute Gasteiger partial charge is 0.335 e. The Bertz CT molecular complexity index is 473. The van der Waals surface area contributed by atoms with Crippen molar-refractivity contribution >= 4 is 11.9 Å². The molecule has 2 atom stereocenters. The molecule has 2 rings (SSSR count). The van der Waals surface area contributed by atoms with E-state index in [-0.39, 0.29) is 11.7 Å². The van der Waals surface area contributed by atoms with Crippen LogP contribution in [0.1, 0.15) is 16.8 Å². The van der Waals surface area contributed by atoms with E-state index in [2.05, 4.69) is 5.32 Å². The lowest BCUT2D eigenvalue weighted by Crippen LogP contribution is -2.30. The van der Waals surface area contributed by atoms with Crippen LogP contribution in [0, 0.1) is 0 Å². The summed E-state index contributed by atoms with van der Waals surface area (Å²) in [6.07, 6.45) is 0.113. The van der Waals surface area contributed by atoms with Crippen LogP contribution in [0.15, 0.2) is 24.3 Å². The van der Waals surface area contributed by atoms with Crippen molar-refractivity contribution < 1.29 is 24.5 Å². The zero-order valence-electron chi connectivity index (χ0n) is 9.50. The minimum absolute atomic E-state index is 0.147. The first kappa shape index (κ1) is 12.4. The molecule has 0 bridgehead atoms. The van der Waals surface area contributed by atoms with E-state index in [1.807, 2.05) is 0 Å². The van der Waals surface area contributed by atoms with Crippen molar-refractivity contribution in [2.24, 2.45) is 0 Å². The molecule has 1 saturated heterocycles. The third-order valence-corrected chi connectivity index (χ3v) is 2.77. The first-order valence-corrected chi connectivity index (χ1v) is 5.52. The summed E-state index contributed by atoms with van der Waals surface area (Å²) in [5, 5.41) is 20.5. The Morgan fingerprint density at radius 3 is 2.72 bits per heavy atom. The number of carboxylic acids is 2. The number of hydrogen-bond donors (Lipinski definition) is 3. The molecule has 0 aliphatic carbocycles. The Balaban J connectivity index is 2.00. The molecule has 0 spiro atoms. The molecule has 1 aliphatic heterocycles. The van der Waals surface area contributed by atoms with Gasteiger partial charge in [0.25, 0.3) is 0 Å². The lowest BCUT2D eigenvalue weighted by atomic mass is 10.2. The number of ether oxygens (including phenoxy) is 1. The van der Waals surface area contributed by atoms with Gasteiger partial charge in [0.15, 0.2) is 0 Å². The molecule has 6 heteroatoms. The van der Waals surface area contributed by atoms with E-state index in [1.54, 1.807) is 12.1 Å². The fourth-order valence-electron chi connectivity index (χ4n) is 1.88. The van der Waals surface area contributed by atoms with Gasteiger partial charge in [-0.3, -0.25) is 4.79 Å². The second kappa shape index (κ2) is 5.05. The normalized spacial score (nSPS) is 22.7. The minimum atomic E-state index is -1.02. The highest BCUT2D eigenvalue weighted by Crippen LogP contribution is 2.19. The second-order valence-corrected chi connectivity index (χ2v) is 4.11. The van der Waals surface area contributed by atoms with Gasteiger partial charge in [0.2, 0.25) is 0 Å². The van der Waals surface area contributed by atoms with E-state index in [9.17, 15) is 9.59 Å². The summed E-state index contributed by atoms with van der Waals surface area (Å²) >= 11 is 0. The maximum atomic E-state index is 10.8. The summed E-state index contributed by atoms with van der Waals surface area (Å²) < 4.78 is 5.56. The molecule has 0 saturated carbocycles. The van der Waals surface area contributed by atoms with Gasteiger partial charge >= 0.3 is 11.9 Å². The molecule has 1 fully saturated rings. The first-order valence-electron chi connectivity index (χ1n) is 5.52. The van der Waals surface area contributed by atoms with E-state index in [1.165, 1.54) is 12.1 Å². The number of hydrogen-bond acceptors (Lipinski definition) is 4. The van der Waals surface area contributed by atoms with E-state index >= 15 is 0 Å². The van der Waals surface area contributed by atoms with Crippen LogP contribution in [0.4, 0.5) is 0 Å². The van der Waals surface area contributed by atoms with Gasteiger partial charge in [-0.1, -0.05) is 6.07 Å². The molecular formula is C12H13NO5. The fraction of sp³-hybridized carbons (Fsp3) is 0.333. The van der Waals surface area contributed by atoms with Crippen molar-refractivity contribution in [1.82, 2.24) is 5.32 Å². The van der Waals surface area contributed by atoms with Gasteiger partial charge in [-0.05, 0) is 18.2 Å². The molecule has 1 aromatic rings. The third kappa shape index (κ3) is 2.78. The Morgan fingerprint density at radius 1 is 1.33 bits per heavy atom. The number of carbonyl (C=O) groups is 2. The number of rotatable bonds is 4. The van der Waals surface area contributed by atoms with E-state index < -0.39 is 18.0 Å². The number of nitrogens with one attached hydrogen (secondary N) is 1. The summed E-state index contributed by atoms with van der Waals surface area (Å²) in [6, 6.07) is 5.55. The minimum Gasteiger partial charge on any atom is -0.489 e. The summed E-state index contributed by atoms with van der Waals surface area (Å²) in [6.45, 7) is 0.439. The van der Waals surface area contributed by atoms with Gasteiger partial charge in [0.05, 0.1) is 5.56 Å². The molecule has 0 aromatic heterocycles. The quantitative estimate of drug-likeness (QED) is 0.724. The van der Waals surface area contributed by atoms with Crippen molar-refractivity contribution in [2.45, 2.75) is 18.6 Å². The highest BCUT2D eigenvalue weighted by molar-refractivity contribution is 5.88. The van der Waals surface area contributed by atoms with Crippen LogP contribution < -0.4 is 10.1 Å². The number of aliphatic carboxylic acids is 1. The summed E-state index contributed by atoms with van der Waals surface area (Å²) in [5.74, 6) is -1.48. The largest absolute Gasteiger partial charge is 0.489 e. The van der Waals surface area contributed by atoms with Crippen LogP contribution in [-0.4, -0.2) is 40.8 Å². The van der Waals surface area contributed by atoms with Crippen molar-refractivity contribution in [1.29, 1.82) is 0 Å². The number of aromatic carboxylic acids is 1. The molecule has 1 heterocycles. The van der Waals surface area contributed by atoms with Gasteiger partial charge in [-0.15, -0.1) is 0 Å². The Labute approximate surface area is 103 Å². The molecule has 3 N–H and O–H groups in total. The lowest BCUT2D eigenvalue weighted by Gasteiger charge is -2.12. The summed E-state index contributed by atoms with van der Waals surface area (Å²) in [4.78, 5) is 21.5. The SMILES string of the molecule is O=C(O)c1cccc(O[C@@H]2CN[C@H](C(=O)O)C2)c1. The second-order valence-electron chi connectivity index (χ2n) is 4.11. The number of benzene rings is 1. The average molecular weight is 251 g/mol. The van der Waals surface area contributed by atoms with Gasteiger partial charge in [-0.2, -0.15) is 0 Å². The molecule has 0 amide bonds. The van der Waals surface area contributed by atoms with Crippen molar-refractivity contribution in [2.75, 3.05) is 6.54 Å².